The molecule has 0 heterocycles. The van der Waals surface area contributed by atoms with Gasteiger partial charge in [0.2, 0.25) is 0 Å². The Kier molecular flexibility index (Phi) is 4.31. The number of halogens is 1. The highest BCUT2D eigenvalue weighted by molar-refractivity contribution is 9.11. The minimum Gasteiger partial charge on any atom is -0.468 e. The zero-order valence-electron chi connectivity index (χ0n) is 5.76. The number of carbonyl (C=O) groups excluding carboxylic acids is 1. The fraction of sp³-hybridized carbons (Fsp3) is 0.500. The van der Waals surface area contributed by atoms with E-state index in [1.807, 2.05) is 0 Å². The van der Waals surface area contributed by atoms with Crippen molar-refractivity contribution in [1.82, 2.24) is 0 Å². The lowest BCUT2D eigenvalue weighted by Gasteiger charge is -2.06. The van der Waals surface area contributed by atoms with E-state index in [1.54, 1.807) is 0 Å². The minimum atomic E-state index is -0.600. The summed E-state index contributed by atoms with van der Waals surface area (Å²) in [5, 5.41) is 0. The number of hydrogen-bond acceptors (Lipinski definition) is 3. The normalized spacial score (nSPS) is 12.3. The third-order valence-corrected chi connectivity index (χ3v) is 1.27. The molecule has 1 atom stereocenters. The van der Waals surface area contributed by atoms with E-state index >= 15 is 0 Å². The molecule has 0 unspecified atom stereocenters. The number of hydrogen-bond donors (Lipinski definition) is 1. The van der Waals surface area contributed by atoms with Gasteiger partial charge in [0.05, 0.1) is 7.11 Å². The van der Waals surface area contributed by atoms with Gasteiger partial charge in [-0.2, -0.15) is 0 Å². The molecule has 0 aliphatic heterocycles. The van der Waals surface area contributed by atoms with Gasteiger partial charge in [-0.15, -0.1) is 0 Å². The zero-order valence-corrected chi connectivity index (χ0v) is 7.35. The predicted molar refractivity (Wildman–Crippen MR) is 42.7 cm³/mol. The second-order valence-corrected chi connectivity index (χ2v) is 2.97. The Bertz CT molecular complexity index is 147. The van der Waals surface area contributed by atoms with Crippen molar-refractivity contribution in [3.8, 4) is 0 Å². The topological polar surface area (TPSA) is 52.3 Å². The van der Waals surface area contributed by atoms with Gasteiger partial charge in [0.1, 0.15) is 6.04 Å². The highest BCUT2D eigenvalue weighted by atomic mass is 79.9. The fourth-order valence-corrected chi connectivity index (χ4v) is 0.822. The van der Waals surface area contributed by atoms with Crippen LogP contribution in [-0.2, 0) is 9.53 Å². The third-order valence-electron chi connectivity index (χ3n) is 0.945. The molecule has 0 fully saturated rings. The van der Waals surface area contributed by atoms with E-state index in [0.29, 0.717) is 10.9 Å². The van der Waals surface area contributed by atoms with Gasteiger partial charge >= 0.3 is 5.97 Å². The molecule has 0 aliphatic rings. The van der Waals surface area contributed by atoms with Crippen LogP contribution in [0.4, 0.5) is 0 Å². The van der Waals surface area contributed by atoms with Crippen LogP contribution >= 0.6 is 15.9 Å². The van der Waals surface area contributed by atoms with Crippen LogP contribution in [0, 0.1) is 0 Å². The number of nitrogens with two attached hydrogens (primary N) is 1. The Morgan fingerprint density at radius 1 is 1.90 bits per heavy atom. The van der Waals surface area contributed by atoms with Crippen molar-refractivity contribution in [1.29, 1.82) is 0 Å². The molecule has 2 N–H and O–H groups in total. The van der Waals surface area contributed by atoms with Crippen molar-refractivity contribution in [3.63, 3.8) is 0 Å². The summed E-state index contributed by atoms with van der Waals surface area (Å²) >= 11 is 3.09. The summed E-state index contributed by atoms with van der Waals surface area (Å²) in [5.74, 6) is -0.416. The Hall–Kier alpha value is -0.350. The quantitative estimate of drug-likeness (QED) is 0.697. The van der Waals surface area contributed by atoms with Gasteiger partial charge in [0.25, 0.3) is 0 Å². The monoisotopic (exact) mass is 207 g/mol. The average Bonchev–Trinajstić information content (AvgIpc) is 1.85. The summed E-state index contributed by atoms with van der Waals surface area (Å²) in [6, 6.07) is -0.600. The molecule has 0 aromatic heterocycles. The second-order valence-electron chi connectivity index (χ2n) is 1.85. The van der Waals surface area contributed by atoms with Crippen LogP contribution in [0.1, 0.15) is 6.42 Å². The van der Waals surface area contributed by atoms with Crippen molar-refractivity contribution < 1.29 is 9.53 Å². The largest absolute Gasteiger partial charge is 0.468 e. The molecule has 0 radical (unpaired) electrons. The summed E-state index contributed by atoms with van der Waals surface area (Å²) in [6.07, 6.45) is 0.409. The molecule has 3 nitrogen and oxygen atoms in total. The Morgan fingerprint density at radius 3 is 2.70 bits per heavy atom. The molecule has 58 valence electrons. The first-order chi connectivity index (χ1) is 4.57. The maximum Gasteiger partial charge on any atom is 0.322 e. The zero-order chi connectivity index (χ0) is 8.15. The van der Waals surface area contributed by atoms with Gasteiger partial charge in [-0.05, 0) is 4.48 Å². The van der Waals surface area contributed by atoms with Crippen molar-refractivity contribution in [3.05, 3.63) is 11.1 Å². The van der Waals surface area contributed by atoms with Crippen LogP contribution in [-0.4, -0.2) is 19.1 Å². The Labute approximate surface area is 68.4 Å². The molecule has 0 aromatic carbocycles. The van der Waals surface area contributed by atoms with Crippen LogP contribution in [0.15, 0.2) is 11.1 Å². The Morgan fingerprint density at radius 2 is 2.40 bits per heavy atom. The lowest BCUT2D eigenvalue weighted by Crippen LogP contribution is -2.31. The first kappa shape index (κ1) is 9.65. The second kappa shape index (κ2) is 4.46. The van der Waals surface area contributed by atoms with Gasteiger partial charge < -0.3 is 10.5 Å². The molecular weight excluding hydrogens is 198 g/mol. The first-order valence-corrected chi connectivity index (χ1v) is 3.54. The van der Waals surface area contributed by atoms with Crippen LogP contribution in [0.2, 0.25) is 0 Å². The van der Waals surface area contributed by atoms with Crippen molar-refractivity contribution in [2.75, 3.05) is 7.11 Å². The highest BCUT2D eigenvalue weighted by Crippen LogP contribution is 2.08. The summed E-state index contributed by atoms with van der Waals surface area (Å²) in [5.41, 5.74) is 5.36. The van der Waals surface area contributed by atoms with Crippen LogP contribution < -0.4 is 5.73 Å². The molecule has 0 spiro atoms. The van der Waals surface area contributed by atoms with Crippen molar-refractivity contribution >= 4 is 21.9 Å². The summed E-state index contributed by atoms with van der Waals surface area (Å²) < 4.78 is 5.09. The average molecular weight is 208 g/mol. The maximum absolute atomic E-state index is 10.6. The number of methoxy groups -OCH3 is 1. The molecule has 0 aromatic rings. The lowest BCUT2D eigenvalue weighted by atomic mass is 10.2. The number of carbonyl (C=O) groups is 1. The lowest BCUT2D eigenvalue weighted by molar-refractivity contribution is -0.142. The third kappa shape index (κ3) is 3.63. The van der Waals surface area contributed by atoms with Gasteiger partial charge in [-0.25, -0.2) is 0 Å². The van der Waals surface area contributed by atoms with E-state index < -0.39 is 12.0 Å². The Balaban J connectivity index is 3.72. The first-order valence-electron chi connectivity index (χ1n) is 2.74. The van der Waals surface area contributed by atoms with Crippen LogP contribution in [0.25, 0.3) is 0 Å². The summed E-state index contributed by atoms with van der Waals surface area (Å²) in [7, 11) is 1.30. The molecule has 0 aliphatic carbocycles. The van der Waals surface area contributed by atoms with E-state index in [9.17, 15) is 4.79 Å². The number of ether oxygens (including phenoxy) is 1. The van der Waals surface area contributed by atoms with Crippen LogP contribution in [0.5, 0.6) is 0 Å². The van der Waals surface area contributed by atoms with Gasteiger partial charge in [-0.3, -0.25) is 4.79 Å². The van der Waals surface area contributed by atoms with E-state index in [0.717, 1.165) is 0 Å². The molecule has 0 bridgehead atoms. The van der Waals surface area contributed by atoms with Crippen molar-refractivity contribution in [2.24, 2.45) is 5.73 Å². The molecule has 0 saturated heterocycles. The van der Waals surface area contributed by atoms with E-state index in [1.165, 1.54) is 7.11 Å². The molecular formula is C6H10BrNO2. The SMILES string of the molecule is C=C(Br)C[C@H](N)C(=O)OC. The van der Waals surface area contributed by atoms with Gasteiger partial charge in [-0.1, -0.05) is 22.5 Å². The van der Waals surface area contributed by atoms with E-state index in [-0.39, 0.29) is 0 Å². The number of esters is 1. The molecule has 4 heteroatoms. The molecule has 10 heavy (non-hydrogen) atoms. The van der Waals surface area contributed by atoms with Crippen molar-refractivity contribution in [2.45, 2.75) is 12.5 Å². The van der Waals surface area contributed by atoms with E-state index in [2.05, 4.69) is 27.2 Å². The molecule has 0 saturated carbocycles. The minimum absolute atomic E-state index is 0.409. The molecule has 0 rings (SSSR count). The molecule has 0 amide bonds. The van der Waals surface area contributed by atoms with Gasteiger partial charge in [0.15, 0.2) is 0 Å². The fourth-order valence-electron chi connectivity index (χ4n) is 0.473. The maximum atomic E-state index is 10.6. The standard InChI is InChI=1S/C6H10BrNO2/c1-4(7)3-5(8)6(9)10-2/h5H,1,3,8H2,2H3/t5-/m0/s1. The summed E-state index contributed by atoms with van der Waals surface area (Å²) in [4.78, 5) is 10.6. The van der Waals surface area contributed by atoms with Gasteiger partial charge in [0, 0.05) is 6.42 Å². The number of rotatable bonds is 3. The summed E-state index contributed by atoms with van der Waals surface area (Å²) in [6.45, 7) is 3.54. The van der Waals surface area contributed by atoms with Crippen LogP contribution in [0.3, 0.4) is 0 Å². The highest BCUT2D eigenvalue weighted by Gasteiger charge is 2.12. The smallest absolute Gasteiger partial charge is 0.322 e. The van der Waals surface area contributed by atoms with E-state index in [4.69, 9.17) is 5.73 Å². The predicted octanol–water partition coefficient (Wildman–Crippen LogP) is 0.785.